The van der Waals surface area contributed by atoms with Crippen molar-refractivity contribution >= 4 is 13.6 Å². The maximum atomic E-state index is 10.9. The van der Waals surface area contributed by atoms with Gasteiger partial charge in [0.25, 0.3) is 0 Å². The molecule has 5 N–H and O–H groups in total. The van der Waals surface area contributed by atoms with Crippen LogP contribution >= 0.6 is 7.60 Å². The summed E-state index contributed by atoms with van der Waals surface area (Å²) in [5, 5.41) is 8.87. The van der Waals surface area contributed by atoms with Gasteiger partial charge in [0.05, 0.1) is 6.16 Å². The number of carboxylic acid groups (broad SMARTS) is 1. The number of benzene rings is 1. The molecule has 1 aromatic rings. The highest BCUT2D eigenvalue weighted by Crippen LogP contribution is 2.35. The zero-order valence-corrected chi connectivity index (χ0v) is 12.2. The predicted molar refractivity (Wildman–Crippen MR) is 75.8 cm³/mol. The normalized spacial score (nSPS) is 13.2. The van der Waals surface area contributed by atoms with Crippen LogP contribution in [0, 0.1) is 0 Å². The molecule has 0 saturated heterocycles. The second kappa shape index (κ2) is 6.99. The Kier molecular flexibility index (Phi) is 5.89. The maximum Gasteiger partial charge on any atom is 0.325 e. The molecule has 6 nitrogen and oxygen atoms in total. The van der Waals surface area contributed by atoms with Crippen molar-refractivity contribution in [1.29, 1.82) is 0 Å². The predicted octanol–water partition coefficient (Wildman–Crippen LogP) is 0.924. The first kappa shape index (κ1) is 16.9. The molecule has 20 heavy (non-hydrogen) atoms. The molecule has 1 atom stereocenters. The number of aryl methyl sites for hydroxylation is 2. The molecule has 0 aliphatic heterocycles. The first-order valence-corrected chi connectivity index (χ1v) is 8.16. The first-order chi connectivity index (χ1) is 9.23. The topological polar surface area (TPSA) is 121 Å². The van der Waals surface area contributed by atoms with Gasteiger partial charge in [0.15, 0.2) is 0 Å². The van der Waals surface area contributed by atoms with E-state index in [0.717, 1.165) is 23.1 Å². The average Bonchev–Trinajstić information content (AvgIpc) is 2.35. The van der Waals surface area contributed by atoms with E-state index in [1.165, 1.54) is 0 Å². The van der Waals surface area contributed by atoms with E-state index in [1.54, 1.807) is 6.07 Å². The Labute approximate surface area is 117 Å². The van der Waals surface area contributed by atoms with Gasteiger partial charge >= 0.3 is 13.6 Å². The summed E-state index contributed by atoms with van der Waals surface area (Å²) in [4.78, 5) is 28.7. The summed E-state index contributed by atoms with van der Waals surface area (Å²) in [6.07, 6.45) is 0.900. The summed E-state index contributed by atoms with van der Waals surface area (Å²) in [6, 6.07) is 4.51. The van der Waals surface area contributed by atoms with Gasteiger partial charge in [-0.25, -0.2) is 0 Å². The van der Waals surface area contributed by atoms with E-state index in [4.69, 9.17) is 20.6 Å². The van der Waals surface area contributed by atoms with Crippen LogP contribution in [0.4, 0.5) is 0 Å². The van der Waals surface area contributed by atoms with E-state index in [1.807, 2.05) is 19.1 Å². The molecule has 0 heterocycles. The van der Waals surface area contributed by atoms with Gasteiger partial charge in [-0.3, -0.25) is 9.36 Å². The molecule has 0 saturated carbocycles. The molecule has 0 spiro atoms. The van der Waals surface area contributed by atoms with Crippen molar-refractivity contribution in [2.24, 2.45) is 5.73 Å². The average molecular weight is 301 g/mol. The second-order valence-electron chi connectivity index (χ2n) is 4.74. The Balaban J connectivity index is 2.97. The molecule has 0 bridgehead atoms. The third kappa shape index (κ3) is 5.43. The fourth-order valence-corrected chi connectivity index (χ4v) is 2.46. The van der Waals surface area contributed by atoms with Gasteiger partial charge < -0.3 is 20.6 Å². The number of hydrogen-bond acceptors (Lipinski definition) is 3. The van der Waals surface area contributed by atoms with E-state index in [9.17, 15) is 9.36 Å². The van der Waals surface area contributed by atoms with Crippen molar-refractivity contribution in [2.75, 3.05) is 6.16 Å². The van der Waals surface area contributed by atoms with Crippen LogP contribution in [0.1, 0.15) is 23.6 Å². The first-order valence-electron chi connectivity index (χ1n) is 6.36. The molecule has 0 amide bonds. The van der Waals surface area contributed by atoms with E-state index in [0.29, 0.717) is 0 Å². The maximum absolute atomic E-state index is 10.9. The summed E-state index contributed by atoms with van der Waals surface area (Å²) in [5.41, 5.74) is 8.06. The highest BCUT2D eigenvalue weighted by molar-refractivity contribution is 7.51. The number of carbonyl (C=O) groups is 1. The Morgan fingerprint density at radius 2 is 2.00 bits per heavy atom. The van der Waals surface area contributed by atoms with Crippen molar-refractivity contribution in [2.45, 2.75) is 32.2 Å². The van der Waals surface area contributed by atoms with Crippen LogP contribution < -0.4 is 5.73 Å². The zero-order valence-electron chi connectivity index (χ0n) is 11.3. The van der Waals surface area contributed by atoms with Crippen LogP contribution in [-0.4, -0.2) is 33.1 Å². The Hall–Kier alpha value is -1.20. The fraction of sp³-hybridized carbons (Fsp3) is 0.462. The molecular formula is C13H20NO5P. The van der Waals surface area contributed by atoms with Gasteiger partial charge in [-0.2, -0.15) is 0 Å². The molecule has 0 aliphatic carbocycles. The molecule has 0 fully saturated rings. The van der Waals surface area contributed by atoms with Crippen LogP contribution in [0.5, 0.6) is 0 Å². The highest BCUT2D eigenvalue weighted by atomic mass is 31.2. The summed E-state index contributed by atoms with van der Waals surface area (Å²) in [7, 11) is -4.07. The van der Waals surface area contributed by atoms with Crippen molar-refractivity contribution in [3.63, 3.8) is 0 Å². The SMILES string of the molecule is CCc1ccc(CCP(=O)(O)O)c(CC(N)C(=O)O)c1. The molecule has 7 heteroatoms. The smallest absolute Gasteiger partial charge is 0.325 e. The number of aliphatic carboxylic acids is 1. The molecule has 0 radical (unpaired) electrons. The minimum absolute atomic E-state index is 0.152. The standard InChI is InChI=1S/C13H20NO5P/c1-2-9-3-4-10(5-6-20(17,18)19)11(7-9)8-12(14)13(15)16/h3-4,7,12H,2,5-6,8,14H2,1H3,(H,15,16)(H2,17,18,19). The summed E-state index contributed by atoms with van der Waals surface area (Å²) >= 11 is 0. The summed E-state index contributed by atoms with van der Waals surface area (Å²) in [5.74, 6) is -1.09. The van der Waals surface area contributed by atoms with Gasteiger partial charge in [-0.1, -0.05) is 25.1 Å². The molecule has 112 valence electrons. The van der Waals surface area contributed by atoms with Crippen LogP contribution in [0.25, 0.3) is 0 Å². The van der Waals surface area contributed by atoms with Gasteiger partial charge in [0, 0.05) is 0 Å². The number of rotatable bonds is 7. The summed E-state index contributed by atoms with van der Waals surface area (Å²) in [6.45, 7) is 1.98. The minimum Gasteiger partial charge on any atom is -0.480 e. The quantitative estimate of drug-likeness (QED) is 0.556. The van der Waals surface area contributed by atoms with Crippen molar-refractivity contribution in [1.82, 2.24) is 0 Å². The van der Waals surface area contributed by atoms with Gasteiger partial charge in [0.1, 0.15) is 6.04 Å². The zero-order chi connectivity index (χ0) is 15.3. The van der Waals surface area contributed by atoms with Crippen molar-refractivity contribution in [3.05, 3.63) is 34.9 Å². The second-order valence-corrected chi connectivity index (χ2v) is 6.52. The number of nitrogens with two attached hydrogens (primary N) is 1. The Bertz CT molecular complexity index is 525. The third-order valence-corrected chi connectivity index (χ3v) is 3.91. The van der Waals surface area contributed by atoms with Crippen LogP contribution in [0.3, 0.4) is 0 Å². The monoisotopic (exact) mass is 301 g/mol. The number of carboxylic acids is 1. The lowest BCUT2D eigenvalue weighted by atomic mass is 9.96. The van der Waals surface area contributed by atoms with E-state index >= 15 is 0 Å². The van der Waals surface area contributed by atoms with Crippen LogP contribution in [0.2, 0.25) is 0 Å². The molecule has 0 aliphatic rings. The van der Waals surface area contributed by atoms with Crippen LogP contribution in [-0.2, 0) is 28.6 Å². The van der Waals surface area contributed by atoms with Gasteiger partial charge in [-0.05, 0) is 36.0 Å². The lowest BCUT2D eigenvalue weighted by Crippen LogP contribution is -2.32. The van der Waals surface area contributed by atoms with Crippen molar-refractivity contribution < 1.29 is 24.3 Å². The molecule has 1 rings (SSSR count). The minimum atomic E-state index is -4.07. The van der Waals surface area contributed by atoms with Crippen molar-refractivity contribution in [3.8, 4) is 0 Å². The van der Waals surface area contributed by atoms with Gasteiger partial charge in [0.2, 0.25) is 0 Å². The Morgan fingerprint density at radius 3 is 2.50 bits per heavy atom. The summed E-state index contributed by atoms with van der Waals surface area (Å²) < 4.78 is 10.9. The lowest BCUT2D eigenvalue weighted by molar-refractivity contribution is -0.138. The fourth-order valence-electron chi connectivity index (χ4n) is 1.92. The van der Waals surface area contributed by atoms with E-state index in [2.05, 4.69) is 0 Å². The van der Waals surface area contributed by atoms with E-state index < -0.39 is 19.6 Å². The Morgan fingerprint density at radius 1 is 1.35 bits per heavy atom. The molecule has 1 unspecified atom stereocenters. The molecular weight excluding hydrogens is 281 g/mol. The molecule has 0 aromatic heterocycles. The highest BCUT2D eigenvalue weighted by Gasteiger charge is 2.17. The molecule has 1 aromatic carbocycles. The van der Waals surface area contributed by atoms with Crippen LogP contribution in [0.15, 0.2) is 18.2 Å². The largest absolute Gasteiger partial charge is 0.480 e. The lowest BCUT2D eigenvalue weighted by Gasteiger charge is -2.14. The number of hydrogen-bond donors (Lipinski definition) is 4. The van der Waals surface area contributed by atoms with Gasteiger partial charge in [-0.15, -0.1) is 0 Å². The third-order valence-electron chi connectivity index (χ3n) is 3.11. The van der Waals surface area contributed by atoms with E-state index in [-0.39, 0.29) is 19.0 Å².